The molecule has 1 aromatic carbocycles. The highest BCUT2D eigenvalue weighted by Crippen LogP contribution is 2.34. The number of nitrogens with one attached hydrogen (secondary N) is 1. The molecule has 4 amide bonds. The Morgan fingerprint density at radius 2 is 1.79 bits per heavy atom. The Morgan fingerprint density at radius 3 is 2.50 bits per heavy atom. The average Bonchev–Trinajstić information content (AvgIpc) is 2.99. The van der Waals surface area contributed by atoms with E-state index in [0.717, 1.165) is 44.1 Å². The molecule has 1 aliphatic carbocycles. The van der Waals surface area contributed by atoms with Crippen molar-refractivity contribution in [1.82, 2.24) is 15.1 Å². The second-order valence-electron chi connectivity index (χ2n) is 8.28. The van der Waals surface area contributed by atoms with Gasteiger partial charge < -0.3 is 10.2 Å². The summed E-state index contributed by atoms with van der Waals surface area (Å²) in [6.07, 6.45) is 5.94. The van der Waals surface area contributed by atoms with Crippen LogP contribution in [0.4, 0.5) is 4.79 Å². The van der Waals surface area contributed by atoms with E-state index in [1.54, 1.807) is 4.90 Å². The van der Waals surface area contributed by atoms with Crippen LogP contribution >= 0.6 is 11.6 Å². The second kappa shape index (κ2) is 7.74. The maximum Gasteiger partial charge on any atom is 0.325 e. The second-order valence-corrected chi connectivity index (χ2v) is 8.69. The fourth-order valence-corrected chi connectivity index (χ4v) is 4.93. The van der Waals surface area contributed by atoms with Gasteiger partial charge in [-0.1, -0.05) is 55.5 Å². The summed E-state index contributed by atoms with van der Waals surface area (Å²) in [5.74, 6) is -0.0943. The number of amides is 4. The quantitative estimate of drug-likeness (QED) is 0.784. The summed E-state index contributed by atoms with van der Waals surface area (Å²) in [6, 6.07) is 7.19. The third kappa shape index (κ3) is 3.62. The van der Waals surface area contributed by atoms with E-state index in [1.807, 2.05) is 24.3 Å². The number of urea groups is 1. The van der Waals surface area contributed by atoms with Gasteiger partial charge in [0.25, 0.3) is 5.91 Å². The molecule has 3 aliphatic rings. The summed E-state index contributed by atoms with van der Waals surface area (Å²) in [6.45, 7) is 1.30. The minimum atomic E-state index is -0.715. The molecule has 1 unspecified atom stereocenters. The molecule has 7 heteroatoms. The summed E-state index contributed by atoms with van der Waals surface area (Å²) in [5.41, 5.74) is 0.193. The summed E-state index contributed by atoms with van der Waals surface area (Å²) in [7, 11) is 0. The average molecular weight is 404 g/mol. The molecular formula is C21H26ClN3O3. The summed E-state index contributed by atoms with van der Waals surface area (Å²) < 4.78 is 0. The maximum absolute atomic E-state index is 13.1. The molecule has 4 rings (SSSR count). The lowest BCUT2D eigenvalue weighted by Gasteiger charge is -2.25. The van der Waals surface area contributed by atoms with Crippen molar-refractivity contribution < 1.29 is 14.4 Å². The van der Waals surface area contributed by atoms with Gasteiger partial charge in [-0.15, -0.1) is 0 Å². The van der Waals surface area contributed by atoms with Crippen LogP contribution in [0.1, 0.15) is 50.5 Å². The van der Waals surface area contributed by atoms with Crippen molar-refractivity contribution in [2.24, 2.45) is 5.92 Å². The Bertz CT molecular complexity index is 789. The number of halogens is 1. The third-order valence-corrected chi connectivity index (χ3v) is 6.63. The van der Waals surface area contributed by atoms with Gasteiger partial charge in [0.2, 0.25) is 5.91 Å². The summed E-state index contributed by atoms with van der Waals surface area (Å²) in [4.78, 5) is 41.2. The fraction of sp³-hybridized carbons (Fsp3) is 0.571. The first-order valence-corrected chi connectivity index (χ1v) is 10.5. The van der Waals surface area contributed by atoms with Crippen LogP contribution in [0, 0.1) is 5.92 Å². The minimum absolute atomic E-state index is 0.0365. The van der Waals surface area contributed by atoms with E-state index < -0.39 is 5.54 Å². The molecule has 1 spiro atoms. The molecule has 0 aromatic heterocycles. The van der Waals surface area contributed by atoms with Crippen molar-refractivity contribution in [2.45, 2.75) is 57.0 Å². The molecule has 3 fully saturated rings. The number of imide groups is 1. The number of carbonyl (C=O) groups is 3. The molecule has 2 aliphatic heterocycles. The normalized spacial score (nSPS) is 24.8. The van der Waals surface area contributed by atoms with Crippen LogP contribution in [-0.4, -0.2) is 46.3 Å². The Balaban J connectivity index is 1.41. The number of hydrogen-bond donors (Lipinski definition) is 1. The summed E-state index contributed by atoms with van der Waals surface area (Å²) >= 11 is 6.21. The Labute approximate surface area is 170 Å². The van der Waals surface area contributed by atoms with Crippen molar-refractivity contribution in [3.8, 4) is 0 Å². The Morgan fingerprint density at radius 1 is 1.07 bits per heavy atom. The maximum atomic E-state index is 13.1. The van der Waals surface area contributed by atoms with Crippen LogP contribution in [0.2, 0.25) is 5.02 Å². The fourth-order valence-electron chi connectivity index (χ4n) is 4.73. The predicted molar refractivity (Wildman–Crippen MR) is 106 cm³/mol. The van der Waals surface area contributed by atoms with E-state index >= 15 is 0 Å². The first-order valence-electron chi connectivity index (χ1n) is 10.1. The monoisotopic (exact) mass is 403 g/mol. The molecule has 2 heterocycles. The van der Waals surface area contributed by atoms with Gasteiger partial charge in [0, 0.05) is 37.0 Å². The molecule has 0 bridgehead atoms. The molecule has 150 valence electrons. The number of rotatable bonds is 4. The van der Waals surface area contributed by atoms with Gasteiger partial charge in [-0.2, -0.15) is 0 Å². The van der Waals surface area contributed by atoms with E-state index in [1.165, 1.54) is 4.90 Å². The zero-order chi connectivity index (χ0) is 19.7. The Kier molecular flexibility index (Phi) is 5.32. The summed E-state index contributed by atoms with van der Waals surface area (Å²) in [5, 5.41) is 3.62. The molecule has 0 radical (unpaired) electrons. The van der Waals surface area contributed by atoms with Gasteiger partial charge in [0.1, 0.15) is 5.54 Å². The molecule has 1 N–H and O–H groups in total. The lowest BCUT2D eigenvalue weighted by molar-refractivity contribution is -0.132. The minimum Gasteiger partial charge on any atom is -0.338 e. The topological polar surface area (TPSA) is 69.7 Å². The number of hydrogen-bond acceptors (Lipinski definition) is 3. The van der Waals surface area contributed by atoms with Crippen LogP contribution in [0.25, 0.3) is 0 Å². The van der Waals surface area contributed by atoms with Gasteiger partial charge >= 0.3 is 6.03 Å². The van der Waals surface area contributed by atoms with E-state index in [-0.39, 0.29) is 23.8 Å². The number of nitrogens with zero attached hydrogens (tertiary/aromatic N) is 2. The molecule has 1 aromatic rings. The van der Waals surface area contributed by atoms with Crippen LogP contribution < -0.4 is 5.32 Å². The smallest absolute Gasteiger partial charge is 0.325 e. The lowest BCUT2D eigenvalue weighted by atomic mass is 9.90. The van der Waals surface area contributed by atoms with Crippen molar-refractivity contribution in [3.63, 3.8) is 0 Å². The first kappa shape index (κ1) is 19.2. The Hall–Kier alpha value is -2.08. The highest BCUT2D eigenvalue weighted by atomic mass is 35.5. The molecule has 1 saturated carbocycles. The molecule has 1 atom stereocenters. The van der Waals surface area contributed by atoms with Crippen LogP contribution in [-0.2, 0) is 16.1 Å². The number of benzene rings is 1. The van der Waals surface area contributed by atoms with Gasteiger partial charge in [-0.05, 0) is 24.5 Å². The van der Waals surface area contributed by atoms with Gasteiger partial charge in [0.05, 0.1) is 0 Å². The highest BCUT2D eigenvalue weighted by molar-refractivity contribution is 6.31. The standard InChI is InChI=1S/C21H26ClN3O3/c22-17-8-4-3-7-16(17)14-24-12-15(11-18(24)26)13-25-19(27)21(23-20(25)28)9-5-1-2-6-10-21/h3-4,7-8,15H,1-2,5-6,9-14H2,(H,23,28). The highest BCUT2D eigenvalue weighted by Gasteiger charge is 2.51. The van der Waals surface area contributed by atoms with E-state index in [9.17, 15) is 14.4 Å². The van der Waals surface area contributed by atoms with E-state index in [4.69, 9.17) is 11.6 Å². The van der Waals surface area contributed by atoms with E-state index in [0.29, 0.717) is 31.1 Å². The molecular weight excluding hydrogens is 378 g/mol. The lowest BCUT2D eigenvalue weighted by Crippen LogP contribution is -2.46. The first-order chi connectivity index (χ1) is 13.5. The molecule has 2 saturated heterocycles. The van der Waals surface area contributed by atoms with E-state index in [2.05, 4.69) is 5.32 Å². The van der Waals surface area contributed by atoms with Crippen LogP contribution in [0.15, 0.2) is 24.3 Å². The van der Waals surface area contributed by atoms with Crippen molar-refractivity contribution in [2.75, 3.05) is 13.1 Å². The van der Waals surface area contributed by atoms with Crippen LogP contribution in [0.5, 0.6) is 0 Å². The van der Waals surface area contributed by atoms with Crippen molar-refractivity contribution in [3.05, 3.63) is 34.9 Å². The molecule has 28 heavy (non-hydrogen) atoms. The van der Waals surface area contributed by atoms with Gasteiger partial charge in [-0.25, -0.2) is 4.79 Å². The largest absolute Gasteiger partial charge is 0.338 e. The zero-order valence-electron chi connectivity index (χ0n) is 16.0. The van der Waals surface area contributed by atoms with Gasteiger partial charge in [0.15, 0.2) is 0 Å². The third-order valence-electron chi connectivity index (χ3n) is 6.26. The zero-order valence-corrected chi connectivity index (χ0v) is 16.7. The van der Waals surface area contributed by atoms with Crippen molar-refractivity contribution in [1.29, 1.82) is 0 Å². The van der Waals surface area contributed by atoms with Crippen molar-refractivity contribution >= 4 is 29.4 Å². The predicted octanol–water partition coefficient (Wildman–Crippen LogP) is 3.33. The number of carbonyl (C=O) groups excluding carboxylic acids is 3. The van der Waals surface area contributed by atoms with Gasteiger partial charge in [-0.3, -0.25) is 14.5 Å². The van der Waals surface area contributed by atoms with Crippen LogP contribution in [0.3, 0.4) is 0 Å². The SMILES string of the molecule is O=C1CC(CN2C(=O)NC3(CCCCCC3)C2=O)CN1Cc1ccccc1Cl. The molecule has 6 nitrogen and oxygen atoms in total. The number of likely N-dealkylation sites (tertiary alicyclic amines) is 1.